The fourth-order valence-corrected chi connectivity index (χ4v) is 12.2. The number of anilines is 1. The number of rotatable bonds is 8. The third-order valence-corrected chi connectivity index (χ3v) is 15.7. The van der Waals surface area contributed by atoms with Gasteiger partial charge in [-0.25, -0.2) is 33.4 Å². The van der Waals surface area contributed by atoms with E-state index in [0.29, 0.717) is 61.5 Å². The molecule has 0 bridgehead atoms. The highest BCUT2D eigenvalue weighted by atomic mass is 35.5. The highest BCUT2D eigenvalue weighted by Gasteiger charge is 2.66. The number of nitrogens with zero attached hydrogens (tertiary/aromatic N) is 8. The molecule has 2 fully saturated rings. The van der Waals surface area contributed by atoms with Crippen molar-refractivity contribution >= 4 is 61.7 Å². The predicted octanol–water partition coefficient (Wildman–Crippen LogP) is 5.82. The first kappa shape index (κ1) is 42.5. The Morgan fingerprint density at radius 1 is 0.985 bits per heavy atom. The molecule has 17 nitrogen and oxygen atoms in total. The molecule has 1 saturated carbocycles. The molecule has 7 heterocycles. The molecule has 67 heavy (non-hydrogen) atoms. The SMILES string of the molecule is COc1cc2nc(CCn3c(=O)n4n(c3=O)C3CC5C(=O)N(c6cc(-c7sc8ccc(Cl)cc8c7C)nn6C)C(=O)C5(C)C(C5=COc6ccc(O)cc6C5)C3=CC4)c(=O)n(C)c2cc1OC. The lowest BCUT2D eigenvalue weighted by Crippen LogP contribution is -2.51. The lowest BCUT2D eigenvalue weighted by atomic mass is 9.56. The molecule has 4 aromatic heterocycles. The normalized spacial score (nSPS) is 20.9. The molecule has 2 amide bonds. The summed E-state index contributed by atoms with van der Waals surface area (Å²) < 4.78 is 24.9. The monoisotopic (exact) mass is 942 g/mol. The van der Waals surface area contributed by atoms with Crippen molar-refractivity contribution in [2.75, 3.05) is 19.1 Å². The van der Waals surface area contributed by atoms with Crippen LogP contribution < -0.4 is 36.0 Å². The Labute approximate surface area is 389 Å². The number of ether oxygens (including phenoxy) is 3. The molecule has 0 spiro atoms. The van der Waals surface area contributed by atoms with E-state index >= 15 is 9.59 Å². The van der Waals surface area contributed by atoms with Gasteiger partial charge in [-0.3, -0.25) is 19.1 Å². The van der Waals surface area contributed by atoms with Gasteiger partial charge in [-0.05, 0) is 78.8 Å². The van der Waals surface area contributed by atoms with Gasteiger partial charge in [0.15, 0.2) is 11.5 Å². The lowest BCUT2D eigenvalue weighted by molar-refractivity contribution is -0.130. The Kier molecular flexibility index (Phi) is 9.62. The van der Waals surface area contributed by atoms with Gasteiger partial charge in [-0.1, -0.05) is 17.7 Å². The largest absolute Gasteiger partial charge is 0.508 e. The van der Waals surface area contributed by atoms with Crippen LogP contribution in [-0.2, 0) is 49.6 Å². The number of aromatic nitrogens is 7. The zero-order chi connectivity index (χ0) is 47.0. The minimum atomic E-state index is -1.37. The van der Waals surface area contributed by atoms with E-state index in [1.54, 1.807) is 73.6 Å². The Morgan fingerprint density at radius 3 is 2.54 bits per heavy atom. The van der Waals surface area contributed by atoms with E-state index in [9.17, 15) is 19.5 Å². The lowest BCUT2D eigenvalue weighted by Gasteiger charge is -2.48. The third-order valence-electron chi connectivity index (χ3n) is 14.2. The first-order valence-corrected chi connectivity index (χ1v) is 22.8. The van der Waals surface area contributed by atoms with Crippen molar-refractivity contribution in [2.24, 2.45) is 31.3 Å². The number of phenolic OH excluding ortho intramolecular Hbond substituents is 1. The number of carbonyl (C=O) groups excluding carboxylic acids is 2. The van der Waals surface area contributed by atoms with Crippen molar-refractivity contribution in [1.82, 2.24) is 33.3 Å². The average Bonchev–Trinajstić information content (AvgIpc) is 3.98. The number of hydrogen-bond acceptors (Lipinski definition) is 12. The summed E-state index contributed by atoms with van der Waals surface area (Å²) in [7, 11) is 6.31. The van der Waals surface area contributed by atoms with Gasteiger partial charge in [0.25, 0.3) is 5.56 Å². The summed E-state index contributed by atoms with van der Waals surface area (Å²) in [6.07, 6.45) is 3.76. The van der Waals surface area contributed by atoms with Crippen LogP contribution in [-0.4, -0.2) is 64.4 Å². The van der Waals surface area contributed by atoms with Crippen LogP contribution in [0.2, 0.25) is 5.02 Å². The van der Waals surface area contributed by atoms with E-state index in [0.717, 1.165) is 25.1 Å². The van der Waals surface area contributed by atoms with Crippen LogP contribution in [0.25, 0.3) is 31.7 Å². The number of imide groups is 1. The molecule has 4 atom stereocenters. The van der Waals surface area contributed by atoms with Crippen molar-refractivity contribution < 1.29 is 28.9 Å². The summed E-state index contributed by atoms with van der Waals surface area (Å²) in [5, 5.41) is 16.9. The van der Waals surface area contributed by atoms with Crippen LogP contribution in [0.5, 0.6) is 23.0 Å². The van der Waals surface area contributed by atoms with E-state index in [1.165, 1.54) is 39.1 Å². The van der Waals surface area contributed by atoms with Crippen molar-refractivity contribution in [3.63, 3.8) is 0 Å². The second-order valence-electron chi connectivity index (χ2n) is 17.7. The number of aromatic hydroxyl groups is 1. The molecule has 3 aromatic carbocycles. The summed E-state index contributed by atoms with van der Waals surface area (Å²) in [6, 6.07) is 14.8. The Bertz CT molecular complexity index is 3590. The maximum absolute atomic E-state index is 15.4. The minimum absolute atomic E-state index is 0.00392. The zero-order valence-corrected chi connectivity index (χ0v) is 38.8. The van der Waals surface area contributed by atoms with Crippen LogP contribution in [0.15, 0.2) is 92.5 Å². The number of thiophene rings is 1. The molecule has 7 aromatic rings. The number of aryl methyl sites for hydroxylation is 4. The second kappa shape index (κ2) is 15.2. The summed E-state index contributed by atoms with van der Waals surface area (Å²) in [4.78, 5) is 79.8. The molecule has 19 heteroatoms. The quantitative estimate of drug-likeness (QED) is 0.143. The van der Waals surface area contributed by atoms with Gasteiger partial charge in [-0.15, -0.1) is 11.3 Å². The van der Waals surface area contributed by atoms with Crippen LogP contribution in [0, 0.1) is 24.2 Å². The topological polar surface area (TPSA) is 187 Å². The van der Waals surface area contributed by atoms with Gasteiger partial charge < -0.3 is 23.9 Å². The third kappa shape index (κ3) is 6.14. The standard InChI is InChI=1S/C48H43ClN8O9S/c1-23-29-17-26(49)7-10-39(29)67-42(23)33-20-40(53(4)51-33)56-43(59)30-18-34-28(41(48(30,2)45(56)61)25-15-24-16-27(58)8-9-36(24)66-22-25)11-14-55-46(62)54(47(63)57(34)55)13-12-31-44(60)52(3)35-21-38(65-6)37(64-5)19-32(35)50-31/h7-11,16-17,19-22,30,34,41,58H,12-15,18H2,1-6H3. The number of amides is 2. The molecule has 3 aliphatic heterocycles. The van der Waals surface area contributed by atoms with E-state index < -0.39 is 52.0 Å². The maximum Gasteiger partial charge on any atom is 0.347 e. The molecule has 1 N–H and O–H groups in total. The number of methoxy groups -OCH3 is 2. The van der Waals surface area contributed by atoms with Crippen molar-refractivity contribution in [3.05, 3.63) is 131 Å². The van der Waals surface area contributed by atoms with Crippen LogP contribution >= 0.6 is 22.9 Å². The number of allylic oxidation sites excluding steroid dienone is 3. The number of fused-ring (bicyclic) bond motifs is 7. The molecule has 4 aliphatic rings. The molecular formula is C48H43ClN8O9S. The fourth-order valence-electron chi connectivity index (χ4n) is 10.9. The summed E-state index contributed by atoms with van der Waals surface area (Å²) in [6.45, 7) is 3.64. The smallest absolute Gasteiger partial charge is 0.347 e. The van der Waals surface area contributed by atoms with E-state index in [-0.39, 0.29) is 43.8 Å². The molecule has 1 aliphatic carbocycles. The van der Waals surface area contributed by atoms with Crippen molar-refractivity contribution in [2.45, 2.75) is 52.2 Å². The average molecular weight is 943 g/mol. The van der Waals surface area contributed by atoms with Crippen LogP contribution in [0.4, 0.5) is 5.82 Å². The highest BCUT2D eigenvalue weighted by Crippen LogP contribution is 2.60. The molecule has 342 valence electrons. The Morgan fingerprint density at radius 2 is 1.76 bits per heavy atom. The number of benzene rings is 3. The predicted molar refractivity (Wildman–Crippen MR) is 250 cm³/mol. The first-order chi connectivity index (χ1) is 32.1. The summed E-state index contributed by atoms with van der Waals surface area (Å²) >= 11 is 7.90. The zero-order valence-electron chi connectivity index (χ0n) is 37.2. The molecular weight excluding hydrogens is 900 g/mol. The molecule has 1 saturated heterocycles. The van der Waals surface area contributed by atoms with E-state index in [2.05, 4.69) is 4.98 Å². The first-order valence-electron chi connectivity index (χ1n) is 21.7. The van der Waals surface area contributed by atoms with Gasteiger partial charge in [-0.2, -0.15) is 5.10 Å². The molecule has 11 rings (SSSR count). The van der Waals surface area contributed by atoms with Crippen molar-refractivity contribution in [3.8, 4) is 33.6 Å². The second-order valence-corrected chi connectivity index (χ2v) is 19.2. The van der Waals surface area contributed by atoms with Gasteiger partial charge in [0.05, 0.1) is 60.3 Å². The van der Waals surface area contributed by atoms with Crippen LogP contribution in [0.1, 0.15) is 36.2 Å². The Balaban J connectivity index is 0.987. The van der Waals surface area contributed by atoms with Gasteiger partial charge in [0.2, 0.25) is 11.8 Å². The van der Waals surface area contributed by atoms with Gasteiger partial charge >= 0.3 is 11.4 Å². The Hall–Kier alpha value is -7.18. The molecule has 0 radical (unpaired) electrons. The summed E-state index contributed by atoms with van der Waals surface area (Å²) in [5.74, 6) is -0.880. The number of phenols is 1. The van der Waals surface area contributed by atoms with Gasteiger partial charge in [0.1, 0.15) is 28.7 Å². The minimum Gasteiger partial charge on any atom is -0.508 e. The van der Waals surface area contributed by atoms with E-state index in [1.807, 2.05) is 31.2 Å². The fraction of sp³-hybridized carbons (Fsp3) is 0.312. The number of halogens is 1. The van der Waals surface area contributed by atoms with Crippen LogP contribution in [0.3, 0.4) is 0 Å². The van der Waals surface area contributed by atoms with Gasteiger partial charge in [0, 0.05) is 72.9 Å². The highest BCUT2D eigenvalue weighted by molar-refractivity contribution is 7.22. The number of carbonyl (C=O) groups is 2. The maximum atomic E-state index is 15.4. The van der Waals surface area contributed by atoms with Crippen molar-refractivity contribution in [1.29, 1.82) is 0 Å². The number of hydrogen-bond donors (Lipinski definition) is 1. The van der Waals surface area contributed by atoms with E-state index in [4.69, 9.17) is 30.9 Å². The summed E-state index contributed by atoms with van der Waals surface area (Å²) in [5.41, 5.74) is 1.76. The molecule has 4 unspecified atom stereocenters.